The molecule has 1 heterocycles. The van der Waals surface area contributed by atoms with Crippen molar-refractivity contribution in [2.24, 2.45) is 0 Å². The van der Waals surface area contributed by atoms with Crippen molar-refractivity contribution < 1.29 is 8.42 Å². The first-order valence-corrected chi connectivity index (χ1v) is 9.03. The minimum atomic E-state index is -3.34. The largest absolute Gasteiger partial charge is 0.314 e. The third-order valence-electron chi connectivity index (χ3n) is 4.73. The van der Waals surface area contributed by atoms with E-state index < -0.39 is 10.2 Å². The molecule has 6 nitrogen and oxygen atoms in total. The van der Waals surface area contributed by atoms with Gasteiger partial charge in [-0.3, -0.25) is 0 Å². The summed E-state index contributed by atoms with van der Waals surface area (Å²) in [5.41, 5.74) is -0.0145. The number of hydrogen-bond acceptors (Lipinski definition) is 4. The summed E-state index contributed by atoms with van der Waals surface area (Å²) in [6, 6.07) is 0. The normalized spacial score (nSPS) is 24.9. The van der Waals surface area contributed by atoms with E-state index in [-0.39, 0.29) is 5.54 Å². The second-order valence-corrected chi connectivity index (χ2v) is 7.91. The van der Waals surface area contributed by atoms with Crippen LogP contribution >= 0.6 is 0 Å². The van der Waals surface area contributed by atoms with Crippen LogP contribution in [-0.4, -0.2) is 70.0 Å². The molecule has 0 aromatic heterocycles. The van der Waals surface area contributed by atoms with Crippen molar-refractivity contribution in [1.82, 2.24) is 19.2 Å². The zero-order valence-electron chi connectivity index (χ0n) is 12.7. The highest BCUT2D eigenvalue weighted by Gasteiger charge is 2.36. The predicted molar refractivity (Wildman–Crippen MR) is 80.9 cm³/mol. The van der Waals surface area contributed by atoms with Crippen molar-refractivity contribution in [3.05, 3.63) is 0 Å². The first-order chi connectivity index (χ1) is 9.46. The molecule has 0 atom stereocenters. The molecule has 2 aliphatic rings. The molecular formula is C13H28N4O2S. The third kappa shape index (κ3) is 3.71. The zero-order valence-corrected chi connectivity index (χ0v) is 13.5. The lowest BCUT2D eigenvalue weighted by Crippen LogP contribution is -2.57. The molecule has 2 fully saturated rings. The summed E-state index contributed by atoms with van der Waals surface area (Å²) < 4.78 is 29.1. The van der Waals surface area contributed by atoms with E-state index >= 15 is 0 Å². The van der Waals surface area contributed by atoms with Gasteiger partial charge in [-0.15, -0.1) is 0 Å². The van der Waals surface area contributed by atoms with Gasteiger partial charge in [0.2, 0.25) is 0 Å². The summed E-state index contributed by atoms with van der Waals surface area (Å²) in [5.74, 6) is 0. The average Bonchev–Trinajstić information content (AvgIpc) is 2.47. The van der Waals surface area contributed by atoms with E-state index in [2.05, 4.69) is 29.0 Å². The number of hydrogen-bond donors (Lipinski definition) is 2. The quantitative estimate of drug-likeness (QED) is 0.750. The lowest BCUT2D eigenvalue weighted by atomic mass is 9.81. The molecule has 0 unspecified atom stereocenters. The second-order valence-electron chi connectivity index (χ2n) is 6.15. The van der Waals surface area contributed by atoms with Gasteiger partial charge in [0.25, 0.3) is 10.2 Å². The van der Waals surface area contributed by atoms with E-state index in [1.807, 2.05) is 0 Å². The monoisotopic (exact) mass is 304 g/mol. The van der Waals surface area contributed by atoms with Crippen molar-refractivity contribution in [2.75, 3.05) is 46.8 Å². The second kappa shape index (κ2) is 6.70. The first kappa shape index (κ1) is 16.2. The highest BCUT2D eigenvalue weighted by atomic mass is 32.2. The van der Waals surface area contributed by atoms with E-state index in [1.54, 1.807) is 4.31 Å². The van der Waals surface area contributed by atoms with Crippen molar-refractivity contribution in [3.63, 3.8) is 0 Å². The van der Waals surface area contributed by atoms with Gasteiger partial charge in [0.1, 0.15) is 0 Å². The van der Waals surface area contributed by atoms with Gasteiger partial charge in [-0.2, -0.15) is 12.7 Å². The van der Waals surface area contributed by atoms with Gasteiger partial charge in [-0.1, -0.05) is 19.3 Å². The van der Waals surface area contributed by atoms with E-state index in [4.69, 9.17) is 0 Å². The Morgan fingerprint density at radius 2 is 1.75 bits per heavy atom. The maximum Gasteiger partial charge on any atom is 0.279 e. The average molecular weight is 304 g/mol. The van der Waals surface area contributed by atoms with Crippen LogP contribution in [0.4, 0.5) is 0 Å². The minimum absolute atomic E-state index is 0.0145. The highest BCUT2D eigenvalue weighted by molar-refractivity contribution is 7.87. The molecule has 1 aliphatic heterocycles. The van der Waals surface area contributed by atoms with Gasteiger partial charge in [0.05, 0.1) is 0 Å². The van der Waals surface area contributed by atoms with Crippen LogP contribution in [0.2, 0.25) is 0 Å². The molecule has 1 aliphatic carbocycles. The molecule has 1 saturated heterocycles. The van der Waals surface area contributed by atoms with Crippen LogP contribution in [-0.2, 0) is 10.2 Å². The lowest BCUT2D eigenvalue weighted by molar-refractivity contribution is 0.104. The molecule has 0 aromatic carbocycles. The molecule has 1 saturated carbocycles. The van der Waals surface area contributed by atoms with E-state index in [0.717, 1.165) is 25.9 Å². The maximum atomic E-state index is 12.4. The topological polar surface area (TPSA) is 64.7 Å². The summed E-state index contributed by atoms with van der Waals surface area (Å²) in [7, 11) is 0.782. The Morgan fingerprint density at radius 1 is 1.15 bits per heavy atom. The smallest absolute Gasteiger partial charge is 0.279 e. The van der Waals surface area contributed by atoms with Crippen LogP contribution in [0.3, 0.4) is 0 Å². The van der Waals surface area contributed by atoms with Gasteiger partial charge in [0, 0.05) is 38.3 Å². The van der Waals surface area contributed by atoms with Gasteiger partial charge in [-0.25, -0.2) is 4.72 Å². The Kier molecular flexibility index (Phi) is 5.42. The summed E-state index contributed by atoms with van der Waals surface area (Å²) in [5, 5.41) is 3.18. The molecule has 20 heavy (non-hydrogen) atoms. The SMILES string of the molecule is CN(C)C1(CNS(=O)(=O)N2CCNCC2)CCCCC1. The third-order valence-corrected chi connectivity index (χ3v) is 6.29. The Balaban J connectivity index is 1.97. The minimum Gasteiger partial charge on any atom is -0.314 e. The molecule has 0 amide bonds. The highest BCUT2D eigenvalue weighted by Crippen LogP contribution is 2.31. The van der Waals surface area contributed by atoms with Gasteiger partial charge in [-0.05, 0) is 26.9 Å². The van der Waals surface area contributed by atoms with Crippen LogP contribution < -0.4 is 10.0 Å². The molecular weight excluding hydrogens is 276 g/mol. The molecule has 0 radical (unpaired) electrons. The van der Waals surface area contributed by atoms with Gasteiger partial charge in [0.15, 0.2) is 0 Å². The van der Waals surface area contributed by atoms with Crippen molar-refractivity contribution in [1.29, 1.82) is 0 Å². The van der Waals surface area contributed by atoms with Crippen LogP contribution in [0.1, 0.15) is 32.1 Å². The van der Waals surface area contributed by atoms with Crippen LogP contribution in [0.5, 0.6) is 0 Å². The van der Waals surface area contributed by atoms with Crippen molar-refractivity contribution in [2.45, 2.75) is 37.6 Å². The van der Waals surface area contributed by atoms with Crippen molar-refractivity contribution in [3.8, 4) is 0 Å². The summed E-state index contributed by atoms with van der Waals surface area (Å²) in [4.78, 5) is 2.20. The molecule has 7 heteroatoms. The first-order valence-electron chi connectivity index (χ1n) is 7.59. The molecule has 0 spiro atoms. The van der Waals surface area contributed by atoms with Gasteiger partial charge < -0.3 is 10.2 Å². The summed E-state index contributed by atoms with van der Waals surface area (Å²) in [6.07, 6.45) is 5.79. The van der Waals surface area contributed by atoms with Crippen LogP contribution in [0.25, 0.3) is 0 Å². The number of rotatable bonds is 5. The lowest BCUT2D eigenvalue weighted by Gasteiger charge is -2.43. The van der Waals surface area contributed by atoms with Crippen LogP contribution in [0, 0.1) is 0 Å². The Morgan fingerprint density at radius 3 is 2.30 bits per heavy atom. The van der Waals surface area contributed by atoms with Crippen LogP contribution in [0.15, 0.2) is 0 Å². The molecule has 0 aromatic rings. The Labute approximate surface area is 123 Å². The fraction of sp³-hybridized carbons (Fsp3) is 1.00. The fourth-order valence-corrected chi connectivity index (χ4v) is 4.49. The fourth-order valence-electron chi connectivity index (χ4n) is 3.19. The number of piperazine rings is 1. The summed E-state index contributed by atoms with van der Waals surface area (Å²) in [6.45, 7) is 3.11. The predicted octanol–water partition coefficient (Wildman–Crippen LogP) is -0.00950. The van der Waals surface area contributed by atoms with Gasteiger partial charge >= 0.3 is 0 Å². The van der Waals surface area contributed by atoms with Crippen molar-refractivity contribution >= 4 is 10.2 Å². The molecule has 2 rings (SSSR count). The molecule has 0 bridgehead atoms. The number of nitrogens with zero attached hydrogens (tertiary/aromatic N) is 2. The Hall–Kier alpha value is -0.210. The molecule has 118 valence electrons. The van der Waals surface area contributed by atoms with E-state index in [1.165, 1.54) is 19.3 Å². The Bertz CT molecular complexity index is 399. The number of likely N-dealkylation sites (N-methyl/N-ethyl adjacent to an activating group) is 1. The number of nitrogens with one attached hydrogen (secondary N) is 2. The molecule has 2 N–H and O–H groups in total. The standard InChI is InChI=1S/C13H28N4O2S/c1-16(2)13(6-4-3-5-7-13)12-15-20(18,19)17-10-8-14-9-11-17/h14-15H,3-12H2,1-2H3. The maximum absolute atomic E-state index is 12.4. The zero-order chi connectivity index (χ0) is 14.6. The van der Waals surface area contributed by atoms with E-state index in [0.29, 0.717) is 19.6 Å². The summed E-state index contributed by atoms with van der Waals surface area (Å²) >= 11 is 0. The van der Waals surface area contributed by atoms with E-state index in [9.17, 15) is 8.42 Å².